The van der Waals surface area contributed by atoms with E-state index in [1.807, 2.05) is 12.1 Å². The zero-order valence-electron chi connectivity index (χ0n) is 17.8. The van der Waals surface area contributed by atoms with Crippen LogP contribution in [0.4, 0.5) is 11.4 Å². The van der Waals surface area contributed by atoms with Crippen LogP contribution in [0.5, 0.6) is 0 Å². The van der Waals surface area contributed by atoms with Crippen molar-refractivity contribution in [2.45, 2.75) is 13.5 Å². The summed E-state index contributed by atoms with van der Waals surface area (Å²) in [4.78, 5) is 17.1. The van der Waals surface area contributed by atoms with Gasteiger partial charge < -0.3 is 15.1 Å². The van der Waals surface area contributed by atoms with Crippen molar-refractivity contribution in [2.24, 2.45) is 0 Å². The molecule has 1 fully saturated rings. The van der Waals surface area contributed by atoms with Crippen LogP contribution in [0.2, 0.25) is 0 Å². The van der Waals surface area contributed by atoms with Gasteiger partial charge in [0, 0.05) is 51.0 Å². The van der Waals surface area contributed by atoms with Crippen molar-refractivity contribution < 1.29 is 13.2 Å². The summed E-state index contributed by atoms with van der Waals surface area (Å²) in [7, 11) is 0.336. The molecule has 0 atom stereocenters. The lowest BCUT2D eigenvalue weighted by atomic mass is 10.1. The molecule has 0 unspecified atom stereocenters. The summed E-state index contributed by atoms with van der Waals surface area (Å²) in [6.45, 7) is 6.22. The zero-order chi connectivity index (χ0) is 21.7. The highest BCUT2D eigenvalue weighted by Gasteiger charge is 2.16. The molecule has 0 spiro atoms. The Morgan fingerprint density at radius 1 is 1.00 bits per heavy atom. The summed E-state index contributed by atoms with van der Waals surface area (Å²) in [5.74, 6) is -0.162. The van der Waals surface area contributed by atoms with Gasteiger partial charge in [-0.1, -0.05) is 12.1 Å². The lowest BCUT2D eigenvalue weighted by Gasteiger charge is -2.34. The van der Waals surface area contributed by atoms with Gasteiger partial charge in [-0.3, -0.25) is 9.10 Å². The van der Waals surface area contributed by atoms with E-state index < -0.39 is 10.0 Å². The summed E-state index contributed by atoms with van der Waals surface area (Å²) in [5, 5.41) is 2.92. The highest BCUT2D eigenvalue weighted by Crippen LogP contribution is 2.19. The molecule has 1 heterocycles. The number of hydrogen-bond donors (Lipinski definition) is 1. The van der Waals surface area contributed by atoms with Crippen molar-refractivity contribution in [1.82, 2.24) is 10.2 Å². The van der Waals surface area contributed by atoms with E-state index in [1.165, 1.54) is 17.0 Å². The number of nitrogens with zero attached hydrogens (tertiary/aromatic N) is 3. The Morgan fingerprint density at radius 3 is 2.17 bits per heavy atom. The summed E-state index contributed by atoms with van der Waals surface area (Å²) in [5.41, 5.74) is 3.27. The third kappa shape index (κ3) is 5.31. The predicted molar refractivity (Wildman–Crippen MR) is 122 cm³/mol. The van der Waals surface area contributed by atoms with E-state index in [0.717, 1.165) is 31.7 Å². The van der Waals surface area contributed by atoms with Crippen LogP contribution in [0.3, 0.4) is 0 Å². The van der Waals surface area contributed by atoms with Crippen LogP contribution in [-0.4, -0.2) is 65.3 Å². The Bertz CT molecular complexity index is 951. The van der Waals surface area contributed by atoms with Crippen molar-refractivity contribution in [3.63, 3.8) is 0 Å². The number of piperazine rings is 1. The standard InChI is InChI=1S/C22H30N4O3S/c1-4-30(28,29)25(3)20-11-7-19(8-12-20)22(27)23-17-18-5-9-21(10-6-18)26-15-13-24(2)14-16-26/h5-12H,4,13-17H2,1-3H3,(H,23,27). The van der Waals surface area contributed by atoms with Crippen LogP contribution >= 0.6 is 0 Å². The molecule has 0 radical (unpaired) electrons. The Morgan fingerprint density at radius 2 is 1.60 bits per heavy atom. The number of likely N-dealkylation sites (N-methyl/N-ethyl adjacent to an activating group) is 1. The van der Waals surface area contributed by atoms with E-state index in [-0.39, 0.29) is 11.7 Å². The van der Waals surface area contributed by atoms with Crippen LogP contribution in [-0.2, 0) is 16.6 Å². The molecule has 1 N–H and O–H groups in total. The zero-order valence-corrected chi connectivity index (χ0v) is 18.7. The van der Waals surface area contributed by atoms with E-state index in [0.29, 0.717) is 17.8 Å². The van der Waals surface area contributed by atoms with Crippen LogP contribution in [0, 0.1) is 0 Å². The molecule has 2 aromatic rings. The van der Waals surface area contributed by atoms with E-state index >= 15 is 0 Å². The van der Waals surface area contributed by atoms with Crippen LogP contribution in [0.15, 0.2) is 48.5 Å². The van der Waals surface area contributed by atoms with Crippen LogP contribution < -0.4 is 14.5 Å². The SMILES string of the molecule is CCS(=O)(=O)N(C)c1ccc(C(=O)NCc2ccc(N3CCN(C)CC3)cc2)cc1. The van der Waals surface area contributed by atoms with Crippen molar-refractivity contribution >= 4 is 27.3 Å². The maximum absolute atomic E-state index is 12.4. The van der Waals surface area contributed by atoms with Gasteiger partial charge in [0.25, 0.3) is 5.91 Å². The fourth-order valence-electron chi connectivity index (χ4n) is 3.35. The van der Waals surface area contributed by atoms with Gasteiger partial charge in [-0.05, 0) is 55.9 Å². The minimum atomic E-state index is -3.32. The molecule has 1 aliphatic rings. The lowest BCUT2D eigenvalue weighted by molar-refractivity contribution is 0.0951. The largest absolute Gasteiger partial charge is 0.369 e. The predicted octanol–water partition coefficient (Wildman–Crippen LogP) is 2.15. The fraction of sp³-hybridized carbons (Fsp3) is 0.409. The molecule has 0 bridgehead atoms. The van der Waals surface area contributed by atoms with E-state index in [2.05, 4.69) is 34.3 Å². The Balaban J connectivity index is 1.55. The molecule has 3 rings (SSSR count). The Hall–Kier alpha value is -2.58. The van der Waals surface area contributed by atoms with Crippen molar-refractivity contribution in [3.8, 4) is 0 Å². The summed E-state index contributed by atoms with van der Waals surface area (Å²) in [6.07, 6.45) is 0. The van der Waals surface area contributed by atoms with Gasteiger partial charge in [0.1, 0.15) is 0 Å². The number of nitrogens with one attached hydrogen (secondary N) is 1. The second kappa shape index (κ2) is 9.49. The van der Waals surface area contributed by atoms with Crippen molar-refractivity contribution in [3.05, 3.63) is 59.7 Å². The average Bonchev–Trinajstić information content (AvgIpc) is 2.78. The number of sulfonamides is 1. The number of amides is 1. The van der Waals surface area contributed by atoms with E-state index in [1.54, 1.807) is 31.2 Å². The maximum atomic E-state index is 12.4. The third-order valence-corrected chi connectivity index (χ3v) is 7.31. The number of anilines is 2. The van der Waals surface area contributed by atoms with Crippen LogP contribution in [0.1, 0.15) is 22.8 Å². The lowest BCUT2D eigenvalue weighted by Crippen LogP contribution is -2.44. The summed E-state index contributed by atoms with van der Waals surface area (Å²) in [6, 6.07) is 14.9. The van der Waals surface area contributed by atoms with E-state index in [4.69, 9.17) is 0 Å². The first-order valence-corrected chi connectivity index (χ1v) is 11.8. The number of hydrogen-bond acceptors (Lipinski definition) is 5. The first-order valence-electron chi connectivity index (χ1n) is 10.2. The maximum Gasteiger partial charge on any atom is 0.251 e. The second-order valence-corrected chi connectivity index (χ2v) is 9.84. The number of carbonyl (C=O) groups is 1. The first-order chi connectivity index (χ1) is 14.3. The normalized spacial score (nSPS) is 15.1. The van der Waals surface area contributed by atoms with E-state index in [9.17, 15) is 13.2 Å². The van der Waals surface area contributed by atoms with Gasteiger partial charge in [0.2, 0.25) is 10.0 Å². The summed E-state index contributed by atoms with van der Waals surface area (Å²) >= 11 is 0. The summed E-state index contributed by atoms with van der Waals surface area (Å²) < 4.78 is 25.2. The molecule has 162 valence electrons. The first kappa shape index (κ1) is 22.1. The molecule has 1 saturated heterocycles. The van der Waals surface area contributed by atoms with Gasteiger partial charge in [0.15, 0.2) is 0 Å². The third-order valence-electron chi connectivity index (χ3n) is 5.53. The highest BCUT2D eigenvalue weighted by molar-refractivity contribution is 7.92. The van der Waals surface area contributed by atoms with Gasteiger partial charge in [-0.25, -0.2) is 8.42 Å². The molecule has 2 aromatic carbocycles. The van der Waals surface area contributed by atoms with Gasteiger partial charge >= 0.3 is 0 Å². The quantitative estimate of drug-likeness (QED) is 0.729. The molecule has 0 saturated carbocycles. The van der Waals surface area contributed by atoms with Crippen LogP contribution in [0.25, 0.3) is 0 Å². The molecular formula is C22H30N4O3S. The molecule has 0 aromatic heterocycles. The van der Waals surface area contributed by atoms with Gasteiger partial charge in [0.05, 0.1) is 11.4 Å². The number of benzene rings is 2. The molecule has 30 heavy (non-hydrogen) atoms. The Labute approximate surface area is 179 Å². The number of rotatable bonds is 7. The second-order valence-electron chi connectivity index (χ2n) is 7.55. The minimum Gasteiger partial charge on any atom is -0.369 e. The van der Waals surface area contributed by atoms with Gasteiger partial charge in [-0.2, -0.15) is 0 Å². The molecule has 7 nitrogen and oxygen atoms in total. The van der Waals surface area contributed by atoms with Crippen molar-refractivity contribution in [2.75, 3.05) is 55.2 Å². The number of carbonyl (C=O) groups excluding carboxylic acids is 1. The molecule has 1 amide bonds. The topological polar surface area (TPSA) is 73.0 Å². The van der Waals surface area contributed by atoms with Crippen molar-refractivity contribution in [1.29, 1.82) is 0 Å². The molecule has 1 aliphatic heterocycles. The monoisotopic (exact) mass is 430 g/mol. The molecule has 8 heteroatoms. The molecular weight excluding hydrogens is 400 g/mol. The average molecular weight is 431 g/mol. The smallest absolute Gasteiger partial charge is 0.251 e. The Kier molecular flexibility index (Phi) is 6.99. The fourth-order valence-corrected chi connectivity index (χ4v) is 4.18. The molecule has 0 aliphatic carbocycles. The highest BCUT2D eigenvalue weighted by atomic mass is 32.2. The minimum absolute atomic E-state index is 0.0271. The van der Waals surface area contributed by atoms with Gasteiger partial charge in [-0.15, -0.1) is 0 Å².